The molecule has 0 N–H and O–H groups in total. The molecule has 0 bridgehead atoms. The van der Waals surface area contributed by atoms with Crippen molar-refractivity contribution in [2.75, 3.05) is 6.61 Å². The second kappa shape index (κ2) is 13.5. The van der Waals surface area contributed by atoms with Crippen molar-refractivity contribution in [3.8, 4) is 17.1 Å². The zero-order valence-electron chi connectivity index (χ0n) is 19.8. The van der Waals surface area contributed by atoms with Crippen LogP contribution in [0.15, 0.2) is 36.7 Å². The molecule has 1 heterocycles. The topological polar surface area (TPSA) is 35.0 Å². The Morgan fingerprint density at radius 2 is 1.39 bits per heavy atom. The maximum atomic E-state index is 6.00. The Morgan fingerprint density at radius 3 is 2.00 bits per heavy atom. The lowest BCUT2D eigenvalue weighted by atomic mass is 9.78. The van der Waals surface area contributed by atoms with Gasteiger partial charge in [-0.25, -0.2) is 9.97 Å². The largest absolute Gasteiger partial charge is 0.494 e. The first-order chi connectivity index (χ1) is 15.3. The van der Waals surface area contributed by atoms with Gasteiger partial charge < -0.3 is 4.74 Å². The number of hydrogen-bond donors (Lipinski definition) is 0. The smallest absolute Gasteiger partial charge is 0.159 e. The van der Waals surface area contributed by atoms with E-state index in [2.05, 4.69) is 35.9 Å². The Balaban J connectivity index is 1.34. The van der Waals surface area contributed by atoms with E-state index in [1.807, 2.05) is 24.5 Å². The molecule has 1 aromatic carbocycles. The highest BCUT2D eigenvalue weighted by atomic mass is 16.5. The molecule has 1 aliphatic carbocycles. The average molecular weight is 423 g/mol. The van der Waals surface area contributed by atoms with Gasteiger partial charge in [0, 0.05) is 18.0 Å². The maximum absolute atomic E-state index is 6.00. The number of benzene rings is 1. The van der Waals surface area contributed by atoms with Gasteiger partial charge in [0.05, 0.1) is 6.61 Å². The van der Waals surface area contributed by atoms with Gasteiger partial charge in [-0.15, -0.1) is 0 Å². The zero-order valence-corrected chi connectivity index (χ0v) is 19.8. The SMILES string of the molecule is CCCCCc1cnc(-c2ccc(OCCCC3CCC(CCCC)CC3)cc2)nc1. The summed E-state index contributed by atoms with van der Waals surface area (Å²) < 4.78 is 6.00. The average Bonchev–Trinajstić information content (AvgIpc) is 2.82. The van der Waals surface area contributed by atoms with Crippen molar-refractivity contribution in [2.24, 2.45) is 11.8 Å². The third kappa shape index (κ3) is 8.27. The van der Waals surface area contributed by atoms with E-state index in [-0.39, 0.29) is 0 Å². The van der Waals surface area contributed by atoms with Crippen molar-refractivity contribution in [3.63, 3.8) is 0 Å². The lowest BCUT2D eigenvalue weighted by Crippen LogP contribution is -2.15. The number of rotatable bonds is 13. The standard InChI is InChI=1S/C28H42N2O/c1-3-5-7-10-25-21-29-28(30-22-25)26-16-18-27(19-17-26)31-20-8-11-24-14-12-23(13-15-24)9-6-4-2/h16-19,21-24H,3-15,20H2,1-2H3. The summed E-state index contributed by atoms with van der Waals surface area (Å²) in [6, 6.07) is 8.23. The Labute approximate surface area is 190 Å². The molecule has 0 spiro atoms. The predicted octanol–water partition coefficient (Wildman–Crippen LogP) is 8.03. The Hall–Kier alpha value is -1.90. The van der Waals surface area contributed by atoms with Crippen molar-refractivity contribution in [3.05, 3.63) is 42.2 Å². The lowest BCUT2D eigenvalue weighted by Gasteiger charge is -2.28. The van der Waals surface area contributed by atoms with E-state index in [4.69, 9.17) is 4.74 Å². The third-order valence-corrected chi connectivity index (χ3v) is 6.84. The molecule has 1 saturated carbocycles. The molecule has 1 aliphatic rings. The van der Waals surface area contributed by atoms with E-state index in [0.29, 0.717) is 0 Å². The molecule has 0 aliphatic heterocycles. The second-order valence-electron chi connectivity index (χ2n) is 9.42. The summed E-state index contributed by atoms with van der Waals surface area (Å²) in [4.78, 5) is 9.11. The summed E-state index contributed by atoms with van der Waals surface area (Å²) in [5, 5.41) is 0. The van der Waals surface area contributed by atoms with Crippen LogP contribution in [0.4, 0.5) is 0 Å². The van der Waals surface area contributed by atoms with Crippen LogP contribution in [0.3, 0.4) is 0 Å². The van der Waals surface area contributed by atoms with Gasteiger partial charge in [0.1, 0.15) is 5.75 Å². The number of aryl methyl sites for hydroxylation is 1. The molecule has 1 fully saturated rings. The molecular weight excluding hydrogens is 380 g/mol. The molecule has 0 saturated heterocycles. The van der Waals surface area contributed by atoms with Crippen molar-refractivity contribution in [1.29, 1.82) is 0 Å². The van der Waals surface area contributed by atoms with Crippen molar-refractivity contribution >= 4 is 0 Å². The first-order valence-electron chi connectivity index (χ1n) is 12.8. The van der Waals surface area contributed by atoms with Crippen molar-refractivity contribution < 1.29 is 4.74 Å². The normalized spacial score (nSPS) is 18.8. The number of unbranched alkanes of at least 4 members (excludes halogenated alkanes) is 3. The van der Waals surface area contributed by atoms with E-state index in [9.17, 15) is 0 Å². The van der Waals surface area contributed by atoms with Crippen LogP contribution in [-0.2, 0) is 6.42 Å². The second-order valence-corrected chi connectivity index (χ2v) is 9.42. The van der Waals surface area contributed by atoms with Gasteiger partial charge in [-0.1, -0.05) is 71.6 Å². The van der Waals surface area contributed by atoms with Crippen LogP contribution in [0, 0.1) is 11.8 Å². The van der Waals surface area contributed by atoms with Crippen molar-refractivity contribution in [2.45, 2.75) is 97.3 Å². The summed E-state index contributed by atoms with van der Waals surface area (Å²) in [6.45, 7) is 5.35. The van der Waals surface area contributed by atoms with Gasteiger partial charge in [0.15, 0.2) is 5.82 Å². The number of aromatic nitrogens is 2. The van der Waals surface area contributed by atoms with Crippen LogP contribution >= 0.6 is 0 Å². The van der Waals surface area contributed by atoms with E-state index in [1.165, 1.54) is 76.2 Å². The first-order valence-corrected chi connectivity index (χ1v) is 12.8. The molecule has 3 rings (SSSR count). The van der Waals surface area contributed by atoms with Gasteiger partial charge in [-0.3, -0.25) is 0 Å². The quantitative estimate of drug-likeness (QED) is 0.306. The van der Waals surface area contributed by atoms with Crippen LogP contribution in [0.2, 0.25) is 0 Å². The monoisotopic (exact) mass is 422 g/mol. The fourth-order valence-corrected chi connectivity index (χ4v) is 4.78. The van der Waals surface area contributed by atoms with E-state index < -0.39 is 0 Å². The molecule has 0 amide bonds. The van der Waals surface area contributed by atoms with Crippen LogP contribution in [0.25, 0.3) is 11.4 Å². The zero-order chi connectivity index (χ0) is 21.7. The maximum Gasteiger partial charge on any atom is 0.159 e. The Bertz CT molecular complexity index is 718. The molecule has 3 heteroatoms. The first kappa shape index (κ1) is 23.8. The fraction of sp³-hybridized carbons (Fsp3) is 0.643. The predicted molar refractivity (Wildman–Crippen MR) is 130 cm³/mol. The van der Waals surface area contributed by atoms with Gasteiger partial charge in [0.2, 0.25) is 0 Å². The Kier molecular flexibility index (Phi) is 10.3. The highest BCUT2D eigenvalue weighted by Crippen LogP contribution is 2.34. The van der Waals surface area contributed by atoms with Gasteiger partial charge in [-0.2, -0.15) is 0 Å². The van der Waals surface area contributed by atoms with Crippen LogP contribution in [-0.4, -0.2) is 16.6 Å². The minimum atomic E-state index is 0.792. The van der Waals surface area contributed by atoms with Crippen LogP contribution in [0.1, 0.15) is 96.5 Å². The third-order valence-electron chi connectivity index (χ3n) is 6.84. The molecule has 31 heavy (non-hydrogen) atoms. The highest BCUT2D eigenvalue weighted by molar-refractivity contribution is 5.55. The number of nitrogens with zero attached hydrogens (tertiary/aromatic N) is 2. The highest BCUT2D eigenvalue weighted by Gasteiger charge is 2.20. The lowest BCUT2D eigenvalue weighted by molar-refractivity contribution is 0.228. The molecule has 0 atom stereocenters. The van der Waals surface area contributed by atoms with Crippen LogP contribution < -0.4 is 4.74 Å². The summed E-state index contributed by atoms with van der Waals surface area (Å²) in [5.41, 5.74) is 2.28. The summed E-state index contributed by atoms with van der Waals surface area (Å²) in [7, 11) is 0. The molecule has 2 aromatic rings. The molecular formula is C28H42N2O. The summed E-state index contributed by atoms with van der Waals surface area (Å²) in [5.74, 6) is 3.67. The molecule has 170 valence electrons. The van der Waals surface area contributed by atoms with E-state index in [0.717, 1.165) is 48.4 Å². The van der Waals surface area contributed by atoms with Crippen molar-refractivity contribution in [1.82, 2.24) is 9.97 Å². The molecule has 0 radical (unpaired) electrons. The number of ether oxygens (including phenoxy) is 1. The molecule has 1 aromatic heterocycles. The van der Waals surface area contributed by atoms with E-state index in [1.54, 1.807) is 0 Å². The fourth-order valence-electron chi connectivity index (χ4n) is 4.78. The molecule has 0 unspecified atom stereocenters. The minimum Gasteiger partial charge on any atom is -0.494 e. The van der Waals surface area contributed by atoms with Gasteiger partial charge in [0.25, 0.3) is 0 Å². The van der Waals surface area contributed by atoms with Gasteiger partial charge >= 0.3 is 0 Å². The van der Waals surface area contributed by atoms with Crippen LogP contribution in [0.5, 0.6) is 5.75 Å². The number of hydrogen-bond acceptors (Lipinski definition) is 3. The Morgan fingerprint density at radius 1 is 0.774 bits per heavy atom. The summed E-state index contributed by atoms with van der Waals surface area (Å²) in [6.07, 6.45) is 21.2. The molecule has 3 nitrogen and oxygen atoms in total. The minimum absolute atomic E-state index is 0.792. The van der Waals surface area contributed by atoms with E-state index >= 15 is 0 Å². The summed E-state index contributed by atoms with van der Waals surface area (Å²) >= 11 is 0. The van der Waals surface area contributed by atoms with Gasteiger partial charge in [-0.05, 0) is 67.3 Å².